The summed E-state index contributed by atoms with van der Waals surface area (Å²) in [6, 6.07) is 33.5. The van der Waals surface area contributed by atoms with Gasteiger partial charge in [0, 0.05) is 18.6 Å². The van der Waals surface area contributed by atoms with E-state index in [1.807, 2.05) is 66.7 Å². The Morgan fingerprint density at radius 2 is 1.54 bits per heavy atom. The number of nitrogens with one attached hydrogen (secondary N) is 1. The first-order valence-corrected chi connectivity index (χ1v) is 13.0. The number of hydrogen-bond acceptors (Lipinski definition) is 5. The van der Waals surface area contributed by atoms with E-state index < -0.39 is 11.6 Å². The van der Waals surface area contributed by atoms with Gasteiger partial charge in [0.1, 0.15) is 18.1 Å². The fourth-order valence-corrected chi connectivity index (χ4v) is 4.58. The monoisotopic (exact) mass is 524 g/mol. The second-order valence-electron chi connectivity index (χ2n) is 9.96. The van der Waals surface area contributed by atoms with E-state index in [1.54, 1.807) is 19.2 Å². The van der Waals surface area contributed by atoms with Gasteiger partial charge in [0.2, 0.25) is 6.41 Å². The highest BCUT2D eigenvalue weighted by atomic mass is 16.5. The predicted octanol–water partition coefficient (Wildman–Crippen LogP) is 6.31. The minimum Gasteiger partial charge on any atom is -0.497 e. The van der Waals surface area contributed by atoms with Gasteiger partial charge in [-0.1, -0.05) is 78.9 Å². The van der Waals surface area contributed by atoms with Crippen LogP contribution in [0.5, 0.6) is 11.5 Å². The minimum absolute atomic E-state index is 0.372. The third-order valence-corrected chi connectivity index (χ3v) is 7.04. The molecule has 0 saturated heterocycles. The number of anilines is 1. The summed E-state index contributed by atoms with van der Waals surface area (Å²) in [5, 5.41) is 14.2. The van der Waals surface area contributed by atoms with Crippen molar-refractivity contribution < 1.29 is 19.4 Å². The van der Waals surface area contributed by atoms with Crippen molar-refractivity contribution in [2.75, 3.05) is 19.0 Å². The standard InChI is InChI=1S/C33H36N2O4/c1-33(2,28-15-17-29(38-3)18-16-28)35(21-25-10-6-4-7-11-25)22-31(37)27-14-19-32(30(20-27)34-24-36)39-23-26-12-8-5-9-13-26/h4-20,24,31,37H,21-23H2,1-3H3,(H,34,36). The number of hydrogen-bond donors (Lipinski definition) is 2. The summed E-state index contributed by atoms with van der Waals surface area (Å²) in [7, 11) is 1.66. The average molecular weight is 525 g/mol. The topological polar surface area (TPSA) is 71.0 Å². The number of rotatable bonds is 13. The lowest BCUT2D eigenvalue weighted by Crippen LogP contribution is -2.43. The van der Waals surface area contributed by atoms with Crippen LogP contribution in [0, 0.1) is 0 Å². The Balaban J connectivity index is 1.57. The van der Waals surface area contributed by atoms with Crippen LogP contribution in [-0.4, -0.2) is 30.1 Å². The van der Waals surface area contributed by atoms with Gasteiger partial charge in [0.25, 0.3) is 0 Å². The van der Waals surface area contributed by atoms with Crippen LogP contribution in [0.25, 0.3) is 0 Å². The van der Waals surface area contributed by atoms with Crippen molar-refractivity contribution in [1.29, 1.82) is 0 Å². The zero-order chi connectivity index (χ0) is 27.7. The van der Waals surface area contributed by atoms with Crippen LogP contribution in [0.15, 0.2) is 103 Å². The molecule has 0 aliphatic heterocycles. The summed E-state index contributed by atoms with van der Waals surface area (Å²) >= 11 is 0. The largest absolute Gasteiger partial charge is 0.497 e. The molecule has 1 unspecified atom stereocenters. The third-order valence-electron chi connectivity index (χ3n) is 7.04. The number of carbonyl (C=O) groups excluding carboxylic acids is 1. The van der Waals surface area contributed by atoms with Crippen LogP contribution in [-0.2, 0) is 23.5 Å². The Labute approximate surface area is 230 Å². The molecule has 0 aromatic heterocycles. The van der Waals surface area contributed by atoms with Crippen molar-refractivity contribution >= 4 is 12.1 Å². The second kappa shape index (κ2) is 13.1. The zero-order valence-electron chi connectivity index (χ0n) is 22.7. The van der Waals surface area contributed by atoms with Gasteiger partial charge in [-0.25, -0.2) is 0 Å². The maximum absolute atomic E-state index is 11.4. The lowest BCUT2D eigenvalue weighted by molar-refractivity contribution is -0.105. The smallest absolute Gasteiger partial charge is 0.211 e. The number of benzene rings is 4. The molecule has 4 aromatic carbocycles. The van der Waals surface area contributed by atoms with Gasteiger partial charge in [-0.3, -0.25) is 9.69 Å². The van der Waals surface area contributed by atoms with Gasteiger partial charge in [0.15, 0.2) is 0 Å². The predicted molar refractivity (Wildman–Crippen MR) is 155 cm³/mol. The molecule has 0 aliphatic rings. The molecule has 4 rings (SSSR count). The Kier molecular flexibility index (Phi) is 9.36. The maximum Gasteiger partial charge on any atom is 0.211 e. The van der Waals surface area contributed by atoms with E-state index in [1.165, 1.54) is 0 Å². The fraction of sp³-hybridized carbons (Fsp3) is 0.242. The van der Waals surface area contributed by atoms with Crippen LogP contribution >= 0.6 is 0 Å². The normalized spacial score (nSPS) is 12.1. The first kappa shape index (κ1) is 27.9. The molecule has 0 spiro atoms. The molecule has 0 heterocycles. The number of amides is 1. The first-order valence-electron chi connectivity index (χ1n) is 13.0. The highest BCUT2D eigenvalue weighted by Crippen LogP contribution is 2.34. The van der Waals surface area contributed by atoms with E-state index in [-0.39, 0.29) is 0 Å². The lowest BCUT2D eigenvalue weighted by atomic mass is 9.90. The van der Waals surface area contributed by atoms with E-state index in [9.17, 15) is 9.90 Å². The molecular formula is C33H36N2O4. The van der Waals surface area contributed by atoms with Crippen molar-refractivity contribution in [3.63, 3.8) is 0 Å². The van der Waals surface area contributed by atoms with Crippen LogP contribution < -0.4 is 14.8 Å². The molecule has 0 bridgehead atoms. The summed E-state index contributed by atoms with van der Waals surface area (Å²) in [6.45, 7) is 5.71. The van der Waals surface area contributed by atoms with Crippen LogP contribution in [0.2, 0.25) is 0 Å². The fourth-order valence-electron chi connectivity index (χ4n) is 4.58. The second-order valence-corrected chi connectivity index (χ2v) is 9.96. The molecule has 0 fully saturated rings. The van der Waals surface area contributed by atoms with Crippen molar-refractivity contribution in [3.8, 4) is 11.5 Å². The van der Waals surface area contributed by atoms with Gasteiger partial charge >= 0.3 is 0 Å². The Hall–Kier alpha value is -4.13. The zero-order valence-corrected chi connectivity index (χ0v) is 22.7. The van der Waals surface area contributed by atoms with Crippen LogP contribution in [0.3, 0.4) is 0 Å². The number of aliphatic hydroxyl groups is 1. The first-order chi connectivity index (χ1) is 18.9. The minimum atomic E-state index is -0.804. The van der Waals surface area contributed by atoms with Crippen LogP contribution in [0.4, 0.5) is 5.69 Å². The summed E-state index contributed by atoms with van der Waals surface area (Å²) in [6.07, 6.45) is -0.184. The number of methoxy groups -OCH3 is 1. The highest BCUT2D eigenvalue weighted by Gasteiger charge is 2.31. The Morgan fingerprint density at radius 3 is 2.15 bits per heavy atom. The van der Waals surface area contributed by atoms with E-state index in [2.05, 4.69) is 48.3 Å². The number of nitrogens with zero attached hydrogens (tertiary/aromatic N) is 1. The summed E-state index contributed by atoms with van der Waals surface area (Å²) in [5.41, 5.74) is 4.09. The summed E-state index contributed by atoms with van der Waals surface area (Å²) in [4.78, 5) is 13.6. The van der Waals surface area contributed by atoms with Crippen molar-refractivity contribution in [1.82, 2.24) is 4.90 Å². The Morgan fingerprint density at radius 1 is 0.897 bits per heavy atom. The van der Waals surface area contributed by atoms with E-state index in [0.717, 1.165) is 22.4 Å². The molecule has 39 heavy (non-hydrogen) atoms. The van der Waals surface area contributed by atoms with Gasteiger partial charge in [0.05, 0.1) is 18.9 Å². The molecule has 0 saturated carbocycles. The maximum atomic E-state index is 11.4. The third kappa shape index (κ3) is 7.25. The molecule has 0 aliphatic carbocycles. The Bertz CT molecular complexity index is 1330. The number of aliphatic hydroxyl groups excluding tert-OH is 1. The van der Waals surface area contributed by atoms with Gasteiger partial charge in [-0.15, -0.1) is 0 Å². The molecule has 1 atom stereocenters. The summed E-state index contributed by atoms with van der Waals surface area (Å²) in [5.74, 6) is 1.34. The molecular weight excluding hydrogens is 488 g/mol. The highest BCUT2D eigenvalue weighted by molar-refractivity contribution is 5.76. The molecule has 202 valence electrons. The van der Waals surface area contributed by atoms with E-state index in [4.69, 9.17) is 9.47 Å². The summed E-state index contributed by atoms with van der Waals surface area (Å²) < 4.78 is 11.3. The molecule has 2 N–H and O–H groups in total. The molecule has 0 radical (unpaired) electrons. The van der Waals surface area contributed by atoms with Crippen molar-refractivity contribution in [2.24, 2.45) is 0 Å². The van der Waals surface area contributed by atoms with Gasteiger partial charge in [-0.05, 0) is 60.4 Å². The lowest BCUT2D eigenvalue weighted by Gasteiger charge is -2.40. The van der Waals surface area contributed by atoms with Crippen molar-refractivity contribution in [3.05, 3.63) is 125 Å². The SMILES string of the molecule is COc1ccc(C(C)(C)N(Cc2ccccc2)CC(O)c2ccc(OCc3ccccc3)c(NC=O)c2)cc1. The quantitative estimate of drug-likeness (QED) is 0.201. The van der Waals surface area contributed by atoms with Gasteiger partial charge in [-0.2, -0.15) is 0 Å². The number of ether oxygens (including phenoxy) is 2. The molecule has 4 aromatic rings. The van der Waals surface area contributed by atoms with E-state index >= 15 is 0 Å². The van der Waals surface area contributed by atoms with Gasteiger partial charge < -0.3 is 19.9 Å². The van der Waals surface area contributed by atoms with E-state index in [0.29, 0.717) is 43.1 Å². The number of carbonyl (C=O) groups is 1. The van der Waals surface area contributed by atoms with Crippen LogP contribution in [0.1, 0.15) is 42.2 Å². The van der Waals surface area contributed by atoms with Crippen molar-refractivity contribution in [2.45, 2.75) is 38.6 Å². The molecule has 1 amide bonds. The molecule has 6 heteroatoms. The average Bonchev–Trinajstić information content (AvgIpc) is 2.97. The molecule has 6 nitrogen and oxygen atoms in total.